The maximum absolute atomic E-state index is 12.5. The monoisotopic (exact) mass is 397 g/mol. The van der Waals surface area contributed by atoms with Crippen LogP contribution in [0, 0.1) is 10.1 Å². The Kier molecular flexibility index (Phi) is 4.38. The lowest BCUT2D eigenvalue weighted by molar-refractivity contribution is -0.385. The van der Waals surface area contributed by atoms with Gasteiger partial charge in [-0.15, -0.1) is 0 Å². The molecule has 0 radical (unpaired) electrons. The van der Waals surface area contributed by atoms with E-state index in [-0.39, 0.29) is 17.9 Å². The zero-order valence-corrected chi connectivity index (χ0v) is 15.2. The SMILES string of the molecule is CC(NC(=O)CN1C(=O)c2cccc([N+](=O)[O-])c2C1=O)c1ccc2c(c1)OCO2. The molecule has 1 atom stereocenters. The van der Waals surface area contributed by atoms with Crippen LogP contribution in [0.25, 0.3) is 0 Å². The van der Waals surface area contributed by atoms with Crippen molar-refractivity contribution < 1.29 is 28.8 Å². The fraction of sp³-hybridized carbons (Fsp3) is 0.211. The summed E-state index contributed by atoms with van der Waals surface area (Å²) >= 11 is 0. The van der Waals surface area contributed by atoms with E-state index in [1.807, 2.05) is 0 Å². The quantitative estimate of drug-likeness (QED) is 0.463. The number of fused-ring (bicyclic) bond motifs is 2. The third-order valence-electron chi connectivity index (χ3n) is 4.75. The number of carbonyl (C=O) groups is 3. The number of imide groups is 1. The molecular weight excluding hydrogens is 382 g/mol. The number of nitrogens with one attached hydrogen (secondary N) is 1. The summed E-state index contributed by atoms with van der Waals surface area (Å²) in [4.78, 5) is 48.6. The van der Waals surface area contributed by atoms with Crippen LogP contribution in [0.5, 0.6) is 11.5 Å². The number of ether oxygens (including phenoxy) is 2. The lowest BCUT2D eigenvalue weighted by Gasteiger charge is -2.18. The van der Waals surface area contributed by atoms with Gasteiger partial charge in [0.25, 0.3) is 17.5 Å². The Bertz CT molecular complexity index is 1070. The second-order valence-electron chi connectivity index (χ2n) is 6.56. The molecular formula is C19H15N3O7. The lowest BCUT2D eigenvalue weighted by Crippen LogP contribution is -2.41. The molecule has 4 rings (SSSR count). The molecule has 2 aromatic rings. The van der Waals surface area contributed by atoms with Crippen molar-refractivity contribution in [3.8, 4) is 11.5 Å². The summed E-state index contributed by atoms with van der Waals surface area (Å²) < 4.78 is 10.6. The van der Waals surface area contributed by atoms with Crippen molar-refractivity contribution in [1.82, 2.24) is 10.2 Å². The zero-order chi connectivity index (χ0) is 20.7. The molecule has 2 aliphatic rings. The number of nitrogens with zero attached hydrogens (tertiary/aromatic N) is 2. The summed E-state index contributed by atoms with van der Waals surface area (Å²) in [6.45, 7) is 1.33. The fourth-order valence-corrected chi connectivity index (χ4v) is 3.31. The summed E-state index contributed by atoms with van der Waals surface area (Å²) in [6.07, 6.45) is 0. The minimum absolute atomic E-state index is 0.0826. The molecule has 2 heterocycles. The molecule has 10 heteroatoms. The normalized spacial score (nSPS) is 15.3. The van der Waals surface area contributed by atoms with Gasteiger partial charge in [-0.1, -0.05) is 12.1 Å². The first kappa shape index (κ1) is 18.4. The van der Waals surface area contributed by atoms with Gasteiger partial charge in [-0.3, -0.25) is 29.4 Å². The molecule has 0 saturated carbocycles. The highest BCUT2D eigenvalue weighted by atomic mass is 16.7. The number of benzene rings is 2. The van der Waals surface area contributed by atoms with E-state index in [4.69, 9.17) is 9.47 Å². The Morgan fingerprint density at radius 2 is 1.97 bits per heavy atom. The average Bonchev–Trinajstić information content (AvgIpc) is 3.26. The van der Waals surface area contributed by atoms with Crippen molar-refractivity contribution >= 4 is 23.4 Å². The maximum Gasteiger partial charge on any atom is 0.282 e. The number of rotatable bonds is 5. The average molecular weight is 397 g/mol. The number of carbonyl (C=O) groups excluding carboxylic acids is 3. The van der Waals surface area contributed by atoms with Crippen molar-refractivity contribution in [2.45, 2.75) is 13.0 Å². The van der Waals surface area contributed by atoms with E-state index in [0.717, 1.165) is 11.6 Å². The summed E-state index contributed by atoms with van der Waals surface area (Å²) in [7, 11) is 0. The molecule has 10 nitrogen and oxygen atoms in total. The highest BCUT2D eigenvalue weighted by molar-refractivity contribution is 6.24. The van der Waals surface area contributed by atoms with Crippen molar-refractivity contribution in [2.24, 2.45) is 0 Å². The van der Waals surface area contributed by atoms with Crippen LogP contribution in [0.15, 0.2) is 36.4 Å². The Labute approximate surface area is 164 Å². The minimum Gasteiger partial charge on any atom is -0.454 e. The number of amides is 3. The molecule has 2 aromatic carbocycles. The Balaban J connectivity index is 1.47. The zero-order valence-electron chi connectivity index (χ0n) is 15.2. The Morgan fingerprint density at radius 1 is 1.21 bits per heavy atom. The first-order chi connectivity index (χ1) is 13.9. The predicted octanol–water partition coefficient (Wildman–Crippen LogP) is 1.80. The van der Waals surface area contributed by atoms with Gasteiger partial charge in [0.05, 0.1) is 16.5 Å². The number of nitro groups is 1. The largest absolute Gasteiger partial charge is 0.454 e. The molecule has 0 fully saturated rings. The smallest absolute Gasteiger partial charge is 0.282 e. The van der Waals surface area contributed by atoms with Gasteiger partial charge in [0.15, 0.2) is 11.5 Å². The van der Waals surface area contributed by atoms with E-state index in [1.165, 1.54) is 12.1 Å². The third-order valence-corrected chi connectivity index (χ3v) is 4.75. The molecule has 1 unspecified atom stereocenters. The van der Waals surface area contributed by atoms with Crippen molar-refractivity contribution in [2.75, 3.05) is 13.3 Å². The van der Waals surface area contributed by atoms with Gasteiger partial charge in [-0.05, 0) is 30.7 Å². The highest BCUT2D eigenvalue weighted by Gasteiger charge is 2.41. The standard InChI is InChI=1S/C19H15N3O7/c1-10(11-5-6-14-15(7-11)29-9-28-14)20-16(23)8-21-18(24)12-3-2-4-13(22(26)27)17(12)19(21)25/h2-7,10H,8-9H2,1H3,(H,20,23). The van der Waals surface area contributed by atoms with Crippen LogP contribution in [-0.2, 0) is 4.79 Å². The van der Waals surface area contributed by atoms with E-state index in [0.29, 0.717) is 16.4 Å². The first-order valence-corrected chi connectivity index (χ1v) is 8.69. The van der Waals surface area contributed by atoms with Gasteiger partial charge in [0.1, 0.15) is 12.1 Å². The van der Waals surface area contributed by atoms with E-state index < -0.39 is 40.9 Å². The van der Waals surface area contributed by atoms with E-state index in [2.05, 4.69) is 5.32 Å². The number of hydrogen-bond acceptors (Lipinski definition) is 7. The second-order valence-corrected chi connectivity index (χ2v) is 6.56. The molecule has 29 heavy (non-hydrogen) atoms. The van der Waals surface area contributed by atoms with Crippen LogP contribution in [0.1, 0.15) is 39.2 Å². The molecule has 0 aliphatic carbocycles. The van der Waals surface area contributed by atoms with Gasteiger partial charge >= 0.3 is 0 Å². The van der Waals surface area contributed by atoms with Crippen LogP contribution in [-0.4, -0.2) is 40.9 Å². The topological polar surface area (TPSA) is 128 Å². The molecule has 3 amide bonds. The summed E-state index contributed by atoms with van der Waals surface area (Å²) in [6, 6.07) is 8.60. The highest BCUT2D eigenvalue weighted by Crippen LogP contribution is 2.34. The van der Waals surface area contributed by atoms with Crippen LogP contribution in [0.2, 0.25) is 0 Å². The summed E-state index contributed by atoms with van der Waals surface area (Å²) in [5.74, 6) is -0.994. The van der Waals surface area contributed by atoms with Gasteiger partial charge < -0.3 is 14.8 Å². The lowest BCUT2D eigenvalue weighted by atomic mass is 10.1. The summed E-state index contributed by atoms with van der Waals surface area (Å²) in [5.41, 5.74) is -0.0852. The Morgan fingerprint density at radius 3 is 2.72 bits per heavy atom. The van der Waals surface area contributed by atoms with Gasteiger partial charge in [-0.2, -0.15) is 0 Å². The van der Waals surface area contributed by atoms with Crippen molar-refractivity contribution in [3.05, 3.63) is 63.2 Å². The van der Waals surface area contributed by atoms with Crippen molar-refractivity contribution in [1.29, 1.82) is 0 Å². The first-order valence-electron chi connectivity index (χ1n) is 8.69. The summed E-state index contributed by atoms with van der Waals surface area (Å²) in [5, 5.41) is 13.9. The van der Waals surface area contributed by atoms with Crippen LogP contribution < -0.4 is 14.8 Å². The molecule has 2 aliphatic heterocycles. The second kappa shape index (κ2) is 6.89. The minimum atomic E-state index is -0.858. The van der Waals surface area contributed by atoms with Gasteiger partial charge in [0, 0.05) is 6.07 Å². The van der Waals surface area contributed by atoms with E-state index in [1.54, 1.807) is 25.1 Å². The van der Waals surface area contributed by atoms with E-state index >= 15 is 0 Å². The number of hydrogen-bond donors (Lipinski definition) is 1. The molecule has 0 bridgehead atoms. The number of nitro benzene ring substituents is 1. The molecule has 0 aromatic heterocycles. The Hall–Kier alpha value is -3.95. The molecule has 1 N–H and O–H groups in total. The van der Waals surface area contributed by atoms with Crippen LogP contribution in [0.3, 0.4) is 0 Å². The third kappa shape index (κ3) is 3.14. The van der Waals surface area contributed by atoms with E-state index in [9.17, 15) is 24.5 Å². The molecule has 148 valence electrons. The van der Waals surface area contributed by atoms with Gasteiger partial charge in [-0.25, -0.2) is 0 Å². The molecule has 0 saturated heterocycles. The van der Waals surface area contributed by atoms with Gasteiger partial charge in [0.2, 0.25) is 12.7 Å². The fourth-order valence-electron chi connectivity index (χ4n) is 3.31. The van der Waals surface area contributed by atoms with Crippen molar-refractivity contribution in [3.63, 3.8) is 0 Å². The predicted molar refractivity (Wildman–Crippen MR) is 97.6 cm³/mol. The maximum atomic E-state index is 12.5. The molecule has 0 spiro atoms. The van der Waals surface area contributed by atoms with Crippen LogP contribution in [0.4, 0.5) is 5.69 Å². The van der Waals surface area contributed by atoms with Crippen LogP contribution >= 0.6 is 0 Å².